The van der Waals surface area contributed by atoms with Crippen LogP contribution in [0, 0.1) is 6.92 Å². The van der Waals surface area contributed by atoms with Gasteiger partial charge in [-0.15, -0.1) is 0 Å². The number of benzene rings is 1. The fraction of sp³-hybridized carbons (Fsp3) is 0.562. The molecule has 4 heteroatoms. The largest absolute Gasteiger partial charge is 0.385 e. The van der Waals surface area contributed by atoms with E-state index in [0.29, 0.717) is 6.54 Å². The molecule has 20 heavy (non-hydrogen) atoms. The van der Waals surface area contributed by atoms with Crippen LogP contribution in [0.15, 0.2) is 18.2 Å². The lowest BCUT2D eigenvalue weighted by molar-refractivity contribution is 0.0563. The summed E-state index contributed by atoms with van der Waals surface area (Å²) < 4.78 is 5.61. The number of carbonyl (C=O) groups excluding carboxylic acids is 1. The van der Waals surface area contributed by atoms with Crippen molar-refractivity contribution in [1.82, 2.24) is 4.90 Å². The number of nitrogens with one attached hydrogen (secondary N) is 1. The maximum absolute atomic E-state index is 12.7. The number of nitrogens with zero attached hydrogens (tertiary/aromatic N) is 1. The number of aryl methyl sites for hydroxylation is 1. The highest BCUT2D eigenvalue weighted by Gasteiger charge is 2.22. The van der Waals surface area contributed by atoms with Gasteiger partial charge in [0.2, 0.25) is 0 Å². The monoisotopic (exact) mass is 276 g/mol. The summed E-state index contributed by atoms with van der Waals surface area (Å²) in [4.78, 5) is 14.6. The quantitative estimate of drug-likeness (QED) is 0.923. The van der Waals surface area contributed by atoms with Crippen LogP contribution >= 0.6 is 0 Å². The van der Waals surface area contributed by atoms with Crippen molar-refractivity contribution < 1.29 is 9.53 Å². The van der Waals surface area contributed by atoms with E-state index in [9.17, 15) is 4.79 Å². The van der Waals surface area contributed by atoms with Crippen molar-refractivity contribution in [3.63, 3.8) is 0 Å². The van der Waals surface area contributed by atoms with Gasteiger partial charge >= 0.3 is 0 Å². The molecule has 4 nitrogen and oxygen atoms in total. The van der Waals surface area contributed by atoms with Crippen LogP contribution < -0.4 is 5.32 Å². The lowest BCUT2D eigenvalue weighted by atomic mass is 10.1. The third-order valence-corrected chi connectivity index (χ3v) is 3.51. The van der Waals surface area contributed by atoms with E-state index in [1.807, 2.05) is 43.9 Å². The van der Waals surface area contributed by atoms with Crippen molar-refractivity contribution in [2.45, 2.75) is 33.3 Å². The lowest BCUT2D eigenvalue weighted by Gasteiger charge is -2.23. The van der Waals surface area contributed by atoms with E-state index in [4.69, 9.17) is 4.74 Å². The summed E-state index contributed by atoms with van der Waals surface area (Å²) in [6, 6.07) is 5.95. The van der Waals surface area contributed by atoms with E-state index in [1.165, 1.54) is 0 Å². The Kier molecular flexibility index (Phi) is 5.01. The summed E-state index contributed by atoms with van der Waals surface area (Å²) in [6.45, 7) is 9.07. The molecule has 1 aliphatic rings. The van der Waals surface area contributed by atoms with E-state index in [1.54, 1.807) is 0 Å². The van der Waals surface area contributed by atoms with Gasteiger partial charge in [0.25, 0.3) is 5.91 Å². The van der Waals surface area contributed by atoms with Gasteiger partial charge in [-0.3, -0.25) is 4.79 Å². The van der Waals surface area contributed by atoms with Crippen molar-refractivity contribution in [1.29, 1.82) is 0 Å². The number of hydrogen-bond acceptors (Lipinski definition) is 3. The van der Waals surface area contributed by atoms with Crippen molar-refractivity contribution in [2.24, 2.45) is 0 Å². The minimum absolute atomic E-state index is 0.0956. The first-order valence-corrected chi connectivity index (χ1v) is 7.37. The van der Waals surface area contributed by atoms with Crippen LogP contribution in [0.3, 0.4) is 0 Å². The molecular formula is C16H24N2O2. The molecule has 1 saturated heterocycles. The molecule has 1 unspecified atom stereocenters. The van der Waals surface area contributed by atoms with Gasteiger partial charge in [-0.1, -0.05) is 6.07 Å². The summed E-state index contributed by atoms with van der Waals surface area (Å²) in [5.74, 6) is 0.0956. The van der Waals surface area contributed by atoms with Crippen LogP contribution in [0.1, 0.15) is 36.2 Å². The highest BCUT2D eigenvalue weighted by Crippen LogP contribution is 2.20. The van der Waals surface area contributed by atoms with Crippen LogP contribution in [0.25, 0.3) is 0 Å². The molecule has 1 aromatic carbocycles. The Morgan fingerprint density at radius 1 is 1.50 bits per heavy atom. The second-order valence-electron chi connectivity index (χ2n) is 5.37. The van der Waals surface area contributed by atoms with Gasteiger partial charge in [0, 0.05) is 31.9 Å². The van der Waals surface area contributed by atoms with Gasteiger partial charge in [-0.05, 0) is 44.9 Å². The fourth-order valence-corrected chi connectivity index (χ4v) is 2.53. The predicted molar refractivity (Wildman–Crippen MR) is 81.3 cm³/mol. The van der Waals surface area contributed by atoms with Gasteiger partial charge in [-0.25, -0.2) is 0 Å². The van der Waals surface area contributed by atoms with Gasteiger partial charge in [0.05, 0.1) is 11.7 Å². The molecule has 0 radical (unpaired) electrons. The van der Waals surface area contributed by atoms with Crippen molar-refractivity contribution in [2.75, 3.05) is 31.6 Å². The second kappa shape index (κ2) is 6.75. The number of hydrogen-bond donors (Lipinski definition) is 1. The van der Waals surface area contributed by atoms with E-state index < -0.39 is 0 Å². The molecule has 0 spiro atoms. The average Bonchev–Trinajstić information content (AvgIpc) is 2.63. The Morgan fingerprint density at radius 2 is 2.30 bits per heavy atom. The highest BCUT2D eigenvalue weighted by atomic mass is 16.5. The average molecular weight is 276 g/mol. The summed E-state index contributed by atoms with van der Waals surface area (Å²) in [7, 11) is 0. The van der Waals surface area contributed by atoms with Crippen LogP contribution in [0.5, 0.6) is 0 Å². The SMILES string of the molecule is CCNc1cc(C)ccc1C(=O)N1CCCOC(C)C1. The van der Waals surface area contributed by atoms with Crippen LogP contribution in [0.4, 0.5) is 5.69 Å². The fourth-order valence-electron chi connectivity index (χ4n) is 2.53. The van der Waals surface area contributed by atoms with E-state index in [2.05, 4.69) is 5.32 Å². The zero-order valence-corrected chi connectivity index (χ0v) is 12.6. The Hall–Kier alpha value is -1.55. The second-order valence-corrected chi connectivity index (χ2v) is 5.37. The van der Waals surface area contributed by atoms with Gasteiger partial charge in [-0.2, -0.15) is 0 Å². The molecule has 1 atom stereocenters. The van der Waals surface area contributed by atoms with Crippen LogP contribution in [-0.2, 0) is 4.74 Å². The van der Waals surface area contributed by atoms with E-state index in [0.717, 1.165) is 42.9 Å². The molecule has 0 aromatic heterocycles. The Morgan fingerprint density at radius 3 is 3.05 bits per heavy atom. The molecule has 1 heterocycles. The Bertz CT molecular complexity index is 474. The van der Waals surface area contributed by atoms with E-state index >= 15 is 0 Å². The minimum atomic E-state index is 0.0956. The molecule has 0 saturated carbocycles. The van der Waals surface area contributed by atoms with Crippen LogP contribution in [0.2, 0.25) is 0 Å². The van der Waals surface area contributed by atoms with Crippen LogP contribution in [-0.4, -0.2) is 43.2 Å². The normalized spacial score (nSPS) is 19.6. The molecule has 1 aromatic rings. The smallest absolute Gasteiger partial charge is 0.256 e. The molecule has 1 N–H and O–H groups in total. The summed E-state index contributed by atoms with van der Waals surface area (Å²) in [5.41, 5.74) is 2.84. The lowest BCUT2D eigenvalue weighted by Crippen LogP contribution is -2.36. The third kappa shape index (κ3) is 3.51. The standard InChI is InChI=1S/C16H24N2O2/c1-4-17-15-10-12(2)6-7-14(15)16(19)18-8-5-9-20-13(3)11-18/h6-7,10,13,17H,4-5,8-9,11H2,1-3H3. The van der Waals surface area contributed by atoms with E-state index in [-0.39, 0.29) is 12.0 Å². The number of rotatable bonds is 3. The zero-order chi connectivity index (χ0) is 14.5. The molecule has 0 bridgehead atoms. The van der Waals surface area contributed by atoms with Crippen molar-refractivity contribution in [3.05, 3.63) is 29.3 Å². The molecule has 110 valence electrons. The Balaban J connectivity index is 2.23. The maximum Gasteiger partial charge on any atom is 0.256 e. The summed E-state index contributed by atoms with van der Waals surface area (Å²) in [5, 5.41) is 3.29. The molecule has 1 fully saturated rings. The number of amides is 1. The highest BCUT2D eigenvalue weighted by molar-refractivity contribution is 5.99. The first kappa shape index (κ1) is 14.9. The first-order valence-electron chi connectivity index (χ1n) is 7.37. The Labute approximate surface area is 121 Å². The molecule has 1 aliphatic heterocycles. The zero-order valence-electron chi connectivity index (χ0n) is 12.6. The summed E-state index contributed by atoms with van der Waals surface area (Å²) in [6.07, 6.45) is 1.01. The maximum atomic E-state index is 12.7. The molecule has 2 rings (SSSR count). The van der Waals surface area contributed by atoms with Gasteiger partial charge < -0.3 is 15.0 Å². The van der Waals surface area contributed by atoms with Crippen molar-refractivity contribution >= 4 is 11.6 Å². The first-order chi connectivity index (χ1) is 9.61. The number of anilines is 1. The predicted octanol–water partition coefficient (Wildman–Crippen LogP) is 2.68. The minimum Gasteiger partial charge on any atom is -0.385 e. The van der Waals surface area contributed by atoms with Gasteiger partial charge in [0.1, 0.15) is 0 Å². The van der Waals surface area contributed by atoms with Crippen molar-refractivity contribution in [3.8, 4) is 0 Å². The van der Waals surface area contributed by atoms with Gasteiger partial charge in [0.15, 0.2) is 0 Å². The third-order valence-electron chi connectivity index (χ3n) is 3.51. The molecular weight excluding hydrogens is 252 g/mol. The number of ether oxygens (including phenoxy) is 1. The molecule has 0 aliphatic carbocycles. The number of carbonyl (C=O) groups is 1. The summed E-state index contributed by atoms with van der Waals surface area (Å²) >= 11 is 0. The molecule has 1 amide bonds. The topological polar surface area (TPSA) is 41.6 Å².